The van der Waals surface area contributed by atoms with Gasteiger partial charge in [0.15, 0.2) is 0 Å². The van der Waals surface area contributed by atoms with Crippen molar-refractivity contribution in [3.63, 3.8) is 0 Å². The van der Waals surface area contributed by atoms with Crippen LogP contribution in [0.3, 0.4) is 0 Å². The first-order valence-corrected chi connectivity index (χ1v) is 11.7. The average Bonchev–Trinajstić information content (AvgIpc) is 2.97. The quantitative estimate of drug-likeness (QED) is 0.669. The average molecular weight is 438 g/mol. The zero-order valence-corrected chi connectivity index (χ0v) is 18.3. The number of benzene rings is 1. The van der Waals surface area contributed by atoms with Crippen LogP contribution in [-0.2, 0) is 11.3 Å². The summed E-state index contributed by atoms with van der Waals surface area (Å²) in [6.45, 7) is 7.56. The van der Waals surface area contributed by atoms with E-state index in [1.165, 1.54) is 0 Å². The molecule has 0 unspecified atom stereocenters. The van der Waals surface area contributed by atoms with Crippen molar-refractivity contribution in [1.29, 1.82) is 0 Å². The van der Waals surface area contributed by atoms with Gasteiger partial charge in [-0.2, -0.15) is 0 Å². The Bertz CT molecular complexity index is 976. The molecule has 0 spiro atoms. The molecule has 3 fully saturated rings. The molecule has 170 valence electrons. The molecule has 0 amide bonds. The summed E-state index contributed by atoms with van der Waals surface area (Å²) in [5.41, 5.74) is 4.32. The van der Waals surface area contributed by atoms with E-state index in [0.29, 0.717) is 12.6 Å². The van der Waals surface area contributed by atoms with E-state index in [2.05, 4.69) is 43.6 Å². The van der Waals surface area contributed by atoms with Crippen LogP contribution in [0, 0.1) is 0 Å². The molecule has 5 heterocycles. The van der Waals surface area contributed by atoms with E-state index < -0.39 is 0 Å². The van der Waals surface area contributed by atoms with Crippen LogP contribution in [0.25, 0.3) is 0 Å². The van der Waals surface area contributed by atoms with E-state index in [9.17, 15) is 5.11 Å². The van der Waals surface area contributed by atoms with Crippen molar-refractivity contribution in [3.05, 3.63) is 41.6 Å². The molecular formula is C24H31N5O3. The summed E-state index contributed by atoms with van der Waals surface area (Å²) >= 11 is 0. The van der Waals surface area contributed by atoms with Gasteiger partial charge in [0.2, 0.25) is 0 Å². The third-order valence-electron chi connectivity index (χ3n) is 7.33. The number of pyridine rings is 1. The Morgan fingerprint density at radius 1 is 1.09 bits per heavy atom. The van der Waals surface area contributed by atoms with Gasteiger partial charge in [0.25, 0.3) is 0 Å². The number of piperidine rings is 1. The number of β-amino-alcohol motifs (C(OH)–C–C–N with tert-alkyl or cyclic N) is 1. The number of ether oxygens (including phenoxy) is 2. The first-order valence-electron chi connectivity index (χ1n) is 11.7. The second kappa shape index (κ2) is 8.51. The molecule has 1 aromatic heterocycles. The maximum atomic E-state index is 10.9. The van der Waals surface area contributed by atoms with Crippen molar-refractivity contribution in [1.82, 2.24) is 15.2 Å². The summed E-state index contributed by atoms with van der Waals surface area (Å²) in [6, 6.07) is 8.94. The van der Waals surface area contributed by atoms with Gasteiger partial charge in [0.1, 0.15) is 18.2 Å². The highest BCUT2D eigenvalue weighted by atomic mass is 16.5. The van der Waals surface area contributed by atoms with Crippen molar-refractivity contribution < 1.29 is 14.6 Å². The topological polar surface area (TPSA) is 82.1 Å². The predicted molar refractivity (Wildman–Crippen MR) is 123 cm³/mol. The van der Waals surface area contributed by atoms with Crippen molar-refractivity contribution in [2.75, 3.05) is 62.7 Å². The normalized spacial score (nSPS) is 26.2. The molecule has 32 heavy (non-hydrogen) atoms. The lowest BCUT2D eigenvalue weighted by Gasteiger charge is -2.44. The molecule has 0 saturated carbocycles. The second-order valence-electron chi connectivity index (χ2n) is 9.20. The number of hydrogen-bond acceptors (Lipinski definition) is 8. The first-order chi connectivity index (χ1) is 15.8. The molecule has 6 rings (SSSR count). The minimum Gasteiger partial charge on any atom is -0.487 e. The second-order valence-corrected chi connectivity index (χ2v) is 9.20. The van der Waals surface area contributed by atoms with Crippen molar-refractivity contribution in [2.24, 2.45) is 0 Å². The summed E-state index contributed by atoms with van der Waals surface area (Å²) in [4.78, 5) is 9.40. The van der Waals surface area contributed by atoms with E-state index in [0.717, 1.165) is 93.0 Å². The summed E-state index contributed by atoms with van der Waals surface area (Å²) in [7, 11) is 0. The fourth-order valence-corrected chi connectivity index (χ4v) is 5.32. The largest absolute Gasteiger partial charge is 0.487 e. The van der Waals surface area contributed by atoms with Gasteiger partial charge in [0.05, 0.1) is 30.6 Å². The number of aromatic nitrogens is 1. The Hall–Kier alpha value is -2.39. The summed E-state index contributed by atoms with van der Waals surface area (Å²) in [6.07, 6.45) is 2.47. The van der Waals surface area contributed by atoms with E-state index in [1.807, 2.05) is 12.3 Å². The van der Waals surface area contributed by atoms with E-state index in [1.54, 1.807) is 0 Å². The fourth-order valence-electron chi connectivity index (χ4n) is 5.32. The number of fused-ring (bicyclic) bond motifs is 2. The number of aliphatic hydroxyl groups excluding tert-OH is 1. The van der Waals surface area contributed by atoms with Crippen LogP contribution in [0.4, 0.5) is 17.2 Å². The summed E-state index contributed by atoms with van der Waals surface area (Å²) in [5, 5.41) is 17.8. The van der Waals surface area contributed by atoms with Crippen molar-refractivity contribution >= 4 is 17.2 Å². The zero-order valence-electron chi connectivity index (χ0n) is 18.3. The van der Waals surface area contributed by atoms with Crippen molar-refractivity contribution in [3.8, 4) is 5.75 Å². The van der Waals surface area contributed by atoms with Gasteiger partial charge in [-0.05, 0) is 36.7 Å². The number of rotatable bonds is 3. The summed E-state index contributed by atoms with van der Waals surface area (Å²) in [5.74, 6) is 1.81. The van der Waals surface area contributed by atoms with Crippen LogP contribution < -0.4 is 20.3 Å². The molecule has 0 radical (unpaired) electrons. The molecule has 8 nitrogen and oxygen atoms in total. The molecule has 8 heteroatoms. The lowest BCUT2D eigenvalue weighted by atomic mass is 9.86. The Balaban J connectivity index is 1.23. The molecule has 3 saturated heterocycles. The lowest BCUT2D eigenvalue weighted by Crippen LogP contribution is -2.60. The van der Waals surface area contributed by atoms with Crippen molar-refractivity contribution in [2.45, 2.75) is 31.1 Å². The van der Waals surface area contributed by atoms with Gasteiger partial charge in [0, 0.05) is 56.6 Å². The van der Waals surface area contributed by atoms with Crippen LogP contribution in [0.15, 0.2) is 30.5 Å². The molecule has 4 aliphatic heterocycles. The molecule has 4 aliphatic rings. The van der Waals surface area contributed by atoms with E-state index in [-0.39, 0.29) is 12.0 Å². The monoisotopic (exact) mass is 437 g/mol. The van der Waals surface area contributed by atoms with Gasteiger partial charge in [-0.1, -0.05) is 6.07 Å². The number of hydrogen-bond donors (Lipinski definition) is 3. The Labute approximate surface area is 188 Å². The SMILES string of the molecule is O[C@@H]1CN(C2CNC2)CC[C@H]1c1ccc2c(c1)Nc1nccc(N3CCOCC3)c1CO2. The summed E-state index contributed by atoms with van der Waals surface area (Å²) < 4.78 is 11.7. The van der Waals surface area contributed by atoms with Gasteiger partial charge in [-0.25, -0.2) is 4.98 Å². The van der Waals surface area contributed by atoms with Crippen LogP contribution in [0.5, 0.6) is 5.75 Å². The van der Waals surface area contributed by atoms with Crippen LogP contribution in [0.2, 0.25) is 0 Å². The number of morpholine rings is 1. The highest BCUT2D eigenvalue weighted by Crippen LogP contribution is 2.40. The molecule has 2 aromatic rings. The molecular weight excluding hydrogens is 406 g/mol. The molecule has 0 aliphatic carbocycles. The Morgan fingerprint density at radius 2 is 1.97 bits per heavy atom. The number of nitrogens with zero attached hydrogens (tertiary/aromatic N) is 3. The van der Waals surface area contributed by atoms with Crippen LogP contribution in [-0.4, -0.2) is 79.6 Å². The van der Waals surface area contributed by atoms with Gasteiger partial charge >= 0.3 is 0 Å². The number of nitrogens with one attached hydrogen (secondary N) is 2. The molecule has 1 aromatic carbocycles. The fraction of sp³-hybridized carbons (Fsp3) is 0.542. The smallest absolute Gasteiger partial charge is 0.143 e. The van der Waals surface area contributed by atoms with Crippen LogP contribution in [0.1, 0.15) is 23.5 Å². The van der Waals surface area contributed by atoms with Gasteiger partial charge in [-0.15, -0.1) is 0 Å². The highest BCUT2D eigenvalue weighted by Gasteiger charge is 2.34. The zero-order chi connectivity index (χ0) is 21.5. The molecule has 2 atom stereocenters. The predicted octanol–water partition coefficient (Wildman–Crippen LogP) is 1.68. The highest BCUT2D eigenvalue weighted by molar-refractivity contribution is 5.73. The van der Waals surface area contributed by atoms with Crippen LogP contribution >= 0.6 is 0 Å². The van der Waals surface area contributed by atoms with Gasteiger partial charge < -0.3 is 30.1 Å². The lowest BCUT2D eigenvalue weighted by molar-refractivity contribution is 0.0170. The van der Waals surface area contributed by atoms with Gasteiger partial charge in [-0.3, -0.25) is 4.90 Å². The number of aliphatic hydroxyl groups is 1. The maximum absolute atomic E-state index is 10.9. The maximum Gasteiger partial charge on any atom is 0.143 e. The Kier molecular flexibility index (Phi) is 5.38. The number of likely N-dealkylation sites (tertiary alicyclic amines) is 1. The Morgan fingerprint density at radius 3 is 2.75 bits per heavy atom. The van der Waals surface area contributed by atoms with E-state index in [4.69, 9.17) is 9.47 Å². The third kappa shape index (κ3) is 3.71. The first kappa shape index (κ1) is 20.2. The minimum absolute atomic E-state index is 0.141. The molecule has 3 N–H and O–H groups in total. The third-order valence-corrected chi connectivity index (χ3v) is 7.33. The van der Waals surface area contributed by atoms with E-state index >= 15 is 0 Å². The molecule has 0 bridgehead atoms. The number of anilines is 3. The minimum atomic E-state index is -0.354. The standard InChI is InChI=1S/C24H31N5O3/c30-22-14-29(17-12-25-13-17)6-4-18(22)16-1-2-23-20(11-16)27-24-19(15-32-23)21(3-5-26-24)28-7-9-31-10-8-28/h1-3,5,11,17-18,22,25,30H,4,6-10,12-15H2,(H,26,27)/t18-,22+/m0/s1.